The fraction of sp³-hybridized carbons (Fsp3) is 0.565. The monoisotopic (exact) mass is 462 g/mol. The van der Waals surface area contributed by atoms with Crippen molar-refractivity contribution in [3.8, 4) is 5.75 Å². The molecule has 0 aromatic heterocycles. The second-order valence-electron chi connectivity index (χ2n) is 9.51. The van der Waals surface area contributed by atoms with Crippen molar-refractivity contribution in [2.45, 2.75) is 83.6 Å². The zero-order valence-corrected chi connectivity index (χ0v) is 19.8. The first-order valence-electron chi connectivity index (χ1n) is 11.0. The van der Waals surface area contributed by atoms with Crippen LogP contribution in [0.25, 0.3) is 0 Å². The van der Waals surface area contributed by atoms with E-state index in [4.69, 9.17) is 10.5 Å². The van der Waals surface area contributed by atoms with Crippen molar-refractivity contribution in [1.29, 1.82) is 0 Å². The summed E-state index contributed by atoms with van der Waals surface area (Å²) in [6.07, 6.45) is -0.0180. The molecule has 0 spiro atoms. The third kappa shape index (κ3) is 7.96. The van der Waals surface area contributed by atoms with Crippen molar-refractivity contribution in [2.24, 2.45) is 5.73 Å². The van der Waals surface area contributed by atoms with Gasteiger partial charge in [0.25, 0.3) is 0 Å². The van der Waals surface area contributed by atoms with Crippen LogP contribution in [0.2, 0.25) is 0 Å². The lowest BCUT2D eigenvalue weighted by Gasteiger charge is -2.34. The average molecular weight is 463 g/mol. The van der Waals surface area contributed by atoms with E-state index in [1.807, 2.05) is 0 Å². The topological polar surface area (TPSA) is 151 Å². The molecular formula is C23H34N4O6. The number of nitrogens with one attached hydrogen (secondary N) is 2. The first kappa shape index (κ1) is 26.0. The number of primary amides is 1. The van der Waals surface area contributed by atoms with Crippen LogP contribution in [-0.4, -0.2) is 57.5 Å². The molecule has 1 aromatic carbocycles. The summed E-state index contributed by atoms with van der Waals surface area (Å²) >= 11 is 0. The van der Waals surface area contributed by atoms with Gasteiger partial charge in [0, 0.05) is 12.1 Å². The van der Waals surface area contributed by atoms with Crippen LogP contribution in [-0.2, 0) is 19.1 Å². The van der Waals surface area contributed by atoms with Gasteiger partial charge in [-0.25, -0.2) is 4.79 Å². The van der Waals surface area contributed by atoms with Crippen molar-refractivity contribution in [1.82, 2.24) is 15.5 Å². The van der Waals surface area contributed by atoms with E-state index < -0.39 is 47.9 Å². The van der Waals surface area contributed by atoms with Gasteiger partial charge in [-0.15, -0.1) is 0 Å². The maximum Gasteiger partial charge on any atom is 0.408 e. The van der Waals surface area contributed by atoms with Gasteiger partial charge in [0.05, 0.1) is 6.42 Å². The molecule has 10 nitrogen and oxygen atoms in total. The highest BCUT2D eigenvalue weighted by Gasteiger charge is 2.44. The van der Waals surface area contributed by atoms with Gasteiger partial charge in [-0.2, -0.15) is 0 Å². The molecule has 2 atom stereocenters. The number of carbonyl (C=O) groups is 4. The Hall–Kier alpha value is -3.30. The zero-order valence-electron chi connectivity index (χ0n) is 19.8. The van der Waals surface area contributed by atoms with Gasteiger partial charge in [-0.3, -0.25) is 14.4 Å². The number of benzene rings is 1. The van der Waals surface area contributed by atoms with E-state index in [0.29, 0.717) is 18.4 Å². The molecule has 0 bridgehead atoms. The highest BCUT2D eigenvalue weighted by molar-refractivity contribution is 5.95. The van der Waals surface area contributed by atoms with E-state index in [0.717, 1.165) is 0 Å². The highest BCUT2D eigenvalue weighted by atomic mass is 16.6. The Balaban J connectivity index is 2.44. The number of phenols is 1. The van der Waals surface area contributed by atoms with Gasteiger partial charge in [0.2, 0.25) is 17.7 Å². The minimum atomic E-state index is -1.32. The Bertz CT molecular complexity index is 891. The van der Waals surface area contributed by atoms with Crippen molar-refractivity contribution in [3.05, 3.63) is 29.8 Å². The smallest absolute Gasteiger partial charge is 0.408 e. The highest BCUT2D eigenvalue weighted by Crippen LogP contribution is 2.36. The van der Waals surface area contributed by atoms with E-state index in [1.165, 1.54) is 17.0 Å². The van der Waals surface area contributed by atoms with Crippen LogP contribution >= 0.6 is 0 Å². The van der Waals surface area contributed by atoms with Crippen LogP contribution in [0, 0.1) is 0 Å². The maximum absolute atomic E-state index is 13.7. The standard InChI is InChI=1S/C23H34N4O6/c1-13(2)25-20(30)19(14-7-6-8-16(28)11-14)27(15-9-10-15)21(31)17(12-18(24)29)26-22(32)33-23(3,4)5/h6-8,11,13,15,17,19,28H,9-10,12H2,1-5H3,(H2,24,29)(H,25,30)(H,26,32). The average Bonchev–Trinajstić information content (AvgIpc) is 3.47. The number of aromatic hydroxyl groups is 1. The minimum absolute atomic E-state index is 0.0568. The molecule has 1 saturated carbocycles. The number of phenolic OH excluding ortho intramolecular Hbond substituents is 1. The summed E-state index contributed by atoms with van der Waals surface area (Å²) in [7, 11) is 0. The molecule has 2 rings (SSSR count). The first-order chi connectivity index (χ1) is 15.3. The number of ether oxygens (including phenoxy) is 1. The predicted octanol–water partition coefficient (Wildman–Crippen LogP) is 1.72. The number of nitrogens with two attached hydrogens (primary N) is 1. The molecule has 1 aliphatic rings. The molecule has 182 valence electrons. The second-order valence-corrected chi connectivity index (χ2v) is 9.51. The Morgan fingerprint density at radius 3 is 2.30 bits per heavy atom. The summed E-state index contributed by atoms with van der Waals surface area (Å²) in [6.45, 7) is 8.59. The second kappa shape index (κ2) is 10.5. The van der Waals surface area contributed by atoms with Gasteiger partial charge in [0.15, 0.2) is 0 Å². The molecule has 2 unspecified atom stereocenters. The van der Waals surface area contributed by atoms with E-state index >= 15 is 0 Å². The fourth-order valence-electron chi connectivity index (χ4n) is 3.40. The van der Waals surface area contributed by atoms with Crippen LogP contribution in [0.1, 0.15) is 65.5 Å². The van der Waals surface area contributed by atoms with E-state index in [9.17, 15) is 24.3 Å². The minimum Gasteiger partial charge on any atom is -0.508 e. The molecule has 0 aliphatic heterocycles. The van der Waals surface area contributed by atoms with Crippen LogP contribution < -0.4 is 16.4 Å². The van der Waals surface area contributed by atoms with Gasteiger partial charge in [0.1, 0.15) is 23.4 Å². The molecule has 33 heavy (non-hydrogen) atoms. The summed E-state index contributed by atoms with van der Waals surface area (Å²) in [5, 5.41) is 15.2. The number of amides is 4. The van der Waals surface area contributed by atoms with Crippen LogP contribution in [0.4, 0.5) is 4.79 Å². The Morgan fingerprint density at radius 1 is 1.18 bits per heavy atom. The van der Waals surface area contributed by atoms with E-state index in [-0.39, 0.29) is 17.8 Å². The van der Waals surface area contributed by atoms with Crippen LogP contribution in [0.3, 0.4) is 0 Å². The van der Waals surface area contributed by atoms with Gasteiger partial charge in [-0.1, -0.05) is 12.1 Å². The summed E-state index contributed by atoms with van der Waals surface area (Å²) < 4.78 is 5.23. The number of alkyl carbamates (subject to hydrolysis) is 1. The van der Waals surface area contributed by atoms with E-state index in [2.05, 4.69) is 10.6 Å². The molecule has 5 N–H and O–H groups in total. The van der Waals surface area contributed by atoms with Gasteiger partial charge in [-0.05, 0) is 65.2 Å². The zero-order chi connectivity index (χ0) is 24.9. The molecule has 10 heteroatoms. The van der Waals surface area contributed by atoms with E-state index in [1.54, 1.807) is 46.8 Å². The summed E-state index contributed by atoms with van der Waals surface area (Å²) in [4.78, 5) is 52.3. The molecule has 0 heterocycles. The normalized spacial score (nSPS) is 15.3. The predicted molar refractivity (Wildman–Crippen MR) is 121 cm³/mol. The molecule has 0 saturated heterocycles. The fourth-order valence-corrected chi connectivity index (χ4v) is 3.40. The number of hydrogen-bond acceptors (Lipinski definition) is 6. The Morgan fingerprint density at radius 2 is 1.82 bits per heavy atom. The third-order valence-corrected chi connectivity index (χ3v) is 4.73. The number of rotatable bonds is 9. The largest absolute Gasteiger partial charge is 0.508 e. The lowest BCUT2D eigenvalue weighted by atomic mass is 10.0. The molecule has 0 radical (unpaired) electrons. The number of nitrogens with zero attached hydrogens (tertiary/aromatic N) is 1. The number of carbonyl (C=O) groups excluding carboxylic acids is 4. The molecular weight excluding hydrogens is 428 g/mol. The number of hydrogen-bond donors (Lipinski definition) is 4. The lowest BCUT2D eigenvalue weighted by molar-refractivity contribution is -0.144. The molecule has 1 aromatic rings. The van der Waals surface area contributed by atoms with Crippen LogP contribution in [0.5, 0.6) is 5.75 Å². The maximum atomic E-state index is 13.7. The third-order valence-electron chi connectivity index (χ3n) is 4.73. The van der Waals surface area contributed by atoms with Crippen molar-refractivity contribution >= 4 is 23.8 Å². The van der Waals surface area contributed by atoms with Crippen molar-refractivity contribution in [3.63, 3.8) is 0 Å². The first-order valence-corrected chi connectivity index (χ1v) is 11.0. The molecule has 1 fully saturated rings. The SMILES string of the molecule is CC(C)NC(=O)C(c1cccc(O)c1)N(C(=O)C(CC(N)=O)NC(=O)OC(C)(C)C)C1CC1. The van der Waals surface area contributed by atoms with Crippen molar-refractivity contribution < 1.29 is 29.0 Å². The lowest BCUT2D eigenvalue weighted by Crippen LogP contribution is -2.55. The summed E-state index contributed by atoms with van der Waals surface area (Å²) in [5.41, 5.74) is 4.93. The molecule has 4 amide bonds. The van der Waals surface area contributed by atoms with Crippen molar-refractivity contribution in [2.75, 3.05) is 0 Å². The van der Waals surface area contributed by atoms with Gasteiger partial charge >= 0.3 is 6.09 Å². The van der Waals surface area contributed by atoms with Crippen LogP contribution in [0.15, 0.2) is 24.3 Å². The Labute approximate surface area is 193 Å². The quantitative estimate of drug-likeness (QED) is 0.439. The van der Waals surface area contributed by atoms with Gasteiger partial charge < -0.3 is 31.1 Å². The molecule has 1 aliphatic carbocycles. The summed E-state index contributed by atoms with van der Waals surface area (Å²) in [6, 6.07) is 3.24. The Kier molecular flexibility index (Phi) is 8.29. The summed E-state index contributed by atoms with van der Waals surface area (Å²) in [5.74, 6) is -1.92.